The fourth-order valence-electron chi connectivity index (χ4n) is 2.21. The first-order valence-electron chi connectivity index (χ1n) is 6.57. The monoisotopic (exact) mass is 334 g/mol. The van der Waals surface area contributed by atoms with Gasteiger partial charge in [-0.15, -0.1) is 0 Å². The number of hydrogen-bond acceptors (Lipinski definition) is 3. The van der Waals surface area contributed by atoms with Gasteiger partial charge in [-0.3, -0.25) is 4.99 Å². The van der Waals surface area contributed by atoms with Gasteiger partial charge in [0.2, 0.25) is 0 Å². The molecular formula is C17H16ClFN2S. The largest absolute Gasteiger partial charge is 0.343 e. The minimum Gasteiger partial charge on any atom is -0.343 e. The maximum atomic E-state index is 13.3. The number of nitrogens with zero attached hydrogens (tertiary/aromatic N) is 1. The molecule has 0 amide bonds. The van der Waals surface area contributed by atoms with Crippen molar-refractivity contribution in [2.24, 2.45) is 4.99 Å². The molecule has 5 heteroatoms. The van der Waals surface area contributed by atoms with Crippen molar-refractivity contribution in [3.63, 3.8) is 0 Å². The maximum absolute atomic E-state index is 13.3. The molecule has 1 N–H and O–H groups in total. The molecule has 0 aliphatic carbocycles. The molecular weight excluding hydrogens is 319 g/mol. The molecule has 1 heterocycles. The molecule has 1 aromatic carbocycles. The number of thioether (sulfide) groups is 1. The predicted molar refractivity (Wildman–Crippen MR) is 94.5 cm³/mol. The van der Waals surface area contributed by atoms with Crippen LogP contribution in [-0.2, 0) is 0 Å². The van der Waals surface area contributed by atoms with Crippen LogP contribution in [0.1, 0.15) is 18.5 Å². The van der Waals surface area contributed by atoms with E-state index in [1.807, 2.05) is 6.92 Å². The predicted octanol–water partition coefficient (Wildman–Crippen LogP) is 5.37. The van der Waals surface area contributed by atoms with E-state index in [4.69, 9.17) is 11.6 Å². The molecule has 1 unspecified atom stereocenters. The number of aliphatic imine (C=N–C) groups is 1. The van der Waals surface area contributed by atoms with Gasteiger partial charge in [0.05, 0.1) is 0 Å². The molecule has 0 aromatic heterocycles. The summed E-state index contributed by atoms with van der Waals surface area (Å²) in [5.74, 6) is 0.276. The molecule has 2 rings (SSSR count). The zero-order chi connectivity index (χ0) is 16.3. The number of hydrogen-bond donors (Lipinski definition) is 1. The average molecular weight is 335 g/mol. The zero-order valence-electron chi connectivity index (χ0n) is 12.2. The van der Waals surface area contributed by atoms with E-state index in [2.05, 4.69) is 30.0 Å². The Morgan fingerprint density at radius 3 is 2.77 bits per heavy atom. The lowest BCUT2D eigenvalue weighted by molar-refractivity contribution is 0.626. The second-order valence-electron chi connectivity index (χ2n) is 4.66. The number of amidine groups is 1. The Morgan fingerprint density at radius 1 is 1.45 bits per heavy atom. The van der Waals surface area contributed by atoms with Gasteiger partial charge >= 0.3 is 0 Å². The summed E-state index contributed by atoms with van der Waals surface area (Å²) < 4.78 is 13.3. The van der Waals surface area contributed by atoms with Crippen molar-refractivity contribution < 1.29 is 4.39 Å². The normalized spacial score (nSPS) is 17.6. The van der Waals surface area contributed by atoms with Crippen molar-refractivity contribution in [3.05, 3.63) is 82.0 Å². The van der Waals surface area contributed by atoms with Gasteiger partial charge in [-0.25, -0.2) is 4.39 Å². The highest BCUT2D eigenvalue weighted by atomic mass is 35.5. The molecule has 0 fully saturated rings. The molecule has 1 atom stereocenters. The summed E-state index contributed by atoms with van der Waals surface area (Å²) in [5.41, 5.74) is 2.54. The number of rotatable bonds is 5. The number of benzene rings is 1. The van der Waals surface area contributed by atoms with Crippen molar-refractivity contribution in [1.29, 1.82) is 0 Å². The van der Waals surface area contributed by atoms with E-state index in [0.717, 1.165) is 21.7 Å². The van der Waals surface area contributed by atoms with Crippen LogP contribution in [0.25, 0.3) is 0 Å². The van der Waals surface area contributed by atoms with Gasteiger partial charge in [-0.2, -0.15) is 0 Å². The lowest BCUT2D eigenvalue weighted by Gasteiger charge is -2.26. The Labute approximate surface area is 139 Å². The Kier molecular flexibility index (Phi) is 5.27. The summed E-state index contributed by atoms with van der Waals surface area (Å²) in [6.45, 7) is 13.4. The van der Waals surface area contributed by atoms with E-state index in [1.165, 1.54) is 23.9 Å². The maximum Gasteiger partial charge on any atom is 0.139 e. The summed E-state index contributed by atoms with van der Waals surface area (Å²) in [6.07, 6.45) is 1.73. The highest BCUT2D eigenvalue weighted by Gasteiger charge is 2.25. The third-order valence-electron chi connectivity index (χ3n) is 3.26. The van der Waals surface area contributed by atoms with Gasteiger partial charge in [0.1, 0.15) is 17.7 Å². The van der Waals surface area contributed by atoms with Crippen molar-refractivity contribution in [2.45, 2.75) is 13.0 Å². The standard InChI is InChI=1S/C17H16ClFN2S/c1-5-13-10(3)20-17(11(4)22-6-2)21-16(13)14-8-7-12(19)9-15(14)18/h5-9,16H,1-2,4H2,3H3,(H,20,21). The second-order valence-corrected chi connectivity index (χ2v) is 6.13. The van der Waals surface area contributed by atoms with Crippen molar-refractivity contribution in [3.8, 4) is 0 Å². The third-order valence-corrected chi connectivity index (χ3v) is 4.23. The van der Waals surface area contributed by atoms with Crippen LogP contribution in [0.2, 0.25) is 5.02 Å². The molecule has 22 heavy (non-hydrogen) atoms. The van der Waals surface area contributed by atoms with Crippen LogP contribution in [0.4, 0.5) is 4.39 Å². The van der Waals surface area contributed by atoms with E-state index in [1.54, 1.807) is 17.6 Å². The Balaban J connectivity index is 2.51. The van der Waals surface area contributed by atoms with Gasteiger partial charge in [-0.1, -0.05) is 55.2 Å². The number of halogens is 2. The Hall–Kier alpha value is -1.78. The van der Waals surface area contributed by atoms with Crippen LogP contribution in [0, 0.1) is 5.82 Å². The molecule has 0 bridgehead atoms. The van der Waals surface area contributed by atoms with E-state index < -0.39 is 0 Å². The second kappa shape index (κ2) is 6.99. The molecule has 0 spiro atoms. The number of nitrogens with one attached hydrogen (secondary N) is 1. The lowest BCUT2D eigenvalue weighted by atomic mass is 9.96. The molecule has 0 radical (unpaired) electrons. The molecule has 0 saturated carbocycles. The fraction of sp³-hybridized carbons (Fsp3) is 0.118. The van der Waals surface area contributed by atoms with Crippen LogP contribution in [0.5, 0.6) is 0 Å². The quantitative estimate of drug-likeness (QED) is 0.782. The fourth-order valence-corrected chi connectivity index (χ4v) is 2.90. The van der Waals surface area contributed by atoms with Gasteiger partial charge in [0, 0.05) is 15.6 Å². The Bertz CT molecular complexity index is 707. The molecule has 1 aliphatic rings. The smallest absolute Gasteiger partial charge is 0.139 e. The first-order valence-corrected chi connectivity index (χ1v) is 7.83. The minimum atomic E-state index is -0.376. The van der Waals surface area contributed by atoms with Crippen LogP contribution in [0.15, 0.2) is 70.6 Å². The molecule has 2 nitrogen and oxygen atoms in total. The van der Waals surface area contributed by atoms with Crippen molar-refractivity contribution in [2.75, 3.05) is 0 Å². The van der Waals surface area contributed by atoms with Crippen LogP contribution < -0.4 is 5.32 Å². The topological polar surface area (TPSA) is 24.4 Å². The molecule has 114 valence electrons. The van der Waals surface area contributed by atoms with E-state index in [0.29, 0.717) is 10.9 Å². The Morgan fingerprint density at radius 2 is 2.18 bits per heavy atom. The summed E-state index contributed by atoms with van der Waals surface area (Å²) >= 11 is 7.58. The zero-order valence-corrected chi connectivity index (χ0v) is 13.8. The van der Waals surface area contributed by atoms with Crippen LogP contribution in [0.3, 0.4) is 0 Å². The highest BCUT2D eigenvalue weighted by Crippen LogP contribution is 2.36. The van der Waals surface area contributed by atoms with Crippen molar-refractivity contribution >= 4 is 29.2 Å². The first-order chi connectivity index (χ1) is 10.5. The summed E-state index contributed by atoms with van der Waals surface area (Å²) in [7, 11) is 0. The van der Waals surface area contributed by atoms with Crippen molar-refractivity contribution in [1.82, 2.24) is 5.32 Å². The minimum absolute atomic E-state index is 0.337. The summed E-state index contributed by atoms with van der Waals surface area (Å²) in [4.78, 5) is 5.42. The number of allylic oxidation sites excluding steroid dienone is 1. The van der Waals surface area contributed by atoms with Gasteiger partial charge in [0.25, 0.3) is 0 Å². The van der Waals surface area contributed by atoms with E-state index in [-0.39, 0.29) is 11.9 Å². The van der Waals surface area contributed by atoms with Gasteiger partial charge in [0.15, 0.2) is 0 Å². The lowest BCUT2D eigenvalue weighted by Crippen LogP contribution is -2.29. The van der Waals surface area contributed by atoms with Gasteiger partial charge in [-0.05, 0) is 35.6 Å². The molecule has 1 aromatic rings. The highest BCUT2D eigenvalue weighted by molar-refractivity contribution is 8.06. The molecule has 0 saturated heterocycles. The first kappa shape index (κ1) is 16.6. The summed E-state index contributed by atoms with van der Waals surface area (Å²) in [5, 5.41) is 5.23. The SMILES string of the molecule is C=CSC(=C)C1=NC(c2ccc(F)cc2Cl)C(C=C)=C(C)N1. The van der Waals surface area contributed by atoms with Gasteiger partial charge < -0.3 is 5.32 Å². The van der Waals surface area contributed by atoms with Crippen LogP contribution >= 0.6 is 23.4 Å². The van der Waals surface area contributed by atoms with E-state index in [9.17, 15) is 4.39 Å². The average Bonchev–Trinajstić information content (AvgIpc) is 2.46. The van der Waals surface area contributed by atoms with Crippen LogP contribution in [-0.4, -0.2) is 5.84 Å². The third kappa shape index (κ3) is 3.34. The molecule has 1 aliphatic heterocycles. The van der Waals surface area contributed by atoms with E-state index >= 15 is 0 Å². The summed E-state index contributed by atoms with van der Waals surface area (Å²) in [6, 6.07) is 3.97.